The Kier molecular flexibility index (Phi) is 4.06. The van der Waals surface area contributed by atoms with Crippen LogP contribution in [0, 0.1) is 0 Å². The van der Waals surface area contributed by atoms with E-state index in [2.05, 4.69) is 24.8 Å². The van der Waals surface area contributed by atoms with Gasteiger partial charge in [-0.15, -0.1) is 8.78 Å². The lowest BCUT2D eigenvalue weighted by Crippen LogP contribution is -2.25. The molecule has 1 amide bonds. The van der Waals surface area contributed by atoms with E-state index in [9.17, 15) is 13.6 Å². The van der Waals surface area contributed by atoms with Crippen LogP contribution in [0.15, 0.2) is 36.7 Å². The van der Waals surface area contributed by atoms with Crippen LogP contribution in [0.5, 0.6) is 11.5 Å². The second kappa shape index (κ2) is 6.04. The van der Waals surface area contributed by atoms with Gasteiger partial charge in [-0.05, 0) is 19.1 Å². The van der Waals surface area contributed by atoms with Gasteiger partial charge in [-0.3, -0.25) is 9.78 Å². The average molecular weight is 354 g/mol. The maximum Gasteiger partial charge on any atom is 0.586 e. The van der Waals surface area contributed by atoms with Crippen molar-refractivity contribution in [1.82, 2.24) is 9.97 Å². The van der Waals surface area contributed by atoms with Crippen molar-refractivity contribution < 1.29 is 23.0 Å². The number of nitrogens with zero attached hydrogens (tertiary/aromatic N) is 2. The Morgan fingerprint density at radius 1 is 1.25 bits per heavy atom. The van der Waals surface area contributed by atoms with Crippen LogP contribution in [-0.4, -0.2) is 22.2 Å². The molecule has 0 saturated heterocycles. The number of carbonyl (C=O) groups excluding carboxylic acids is 1. The van der Waals surface area contributed by atoms with E-state index < -0.39 is 6.29 Å². The molecular weight excluding hydrogens is 344 g/mol. The molecule has 1 aromatic heterocycles. The summed E-state index contributed by atoms with van der Waals surface area (Å²) in [7, 11) is 0. The van der Waals surface area contributed by atoms with E-state index in [0.717, 1.165) is 0 Å². The average Bonchev–Trinajstić information content (AvgIpc) is 2.80. The zero-order valence-corrected chi connectivity index (χ0v) is 13.0. The number of nitrogens with one attached hydrogen (secondary N) is 1. The number of aromatic nitrogens is 2. The zero-order valence-electron chi connectivity index (χ0n) is 12.2. The van der Waals surface area contributed by atoms with Crippen molar-refractivity contribution in [3.63, 3.8) is 0 Å². The van der Waals surface area contributed by atoms with Crippen LogP contribution in [0.4, 0.5) is 14.6 Å². The number of rotatable bonds is 3. The molecule has 2 aromatic rings. The summed E-state index contributed by atoms with van der Waals surface area (Å²) < 4.78 is 34.9. The van der Waals surface area contributed by atoms with Crippen molar-refractivity contribution in [3.8, 4) is 22.8 Å². The summed E-state index contributed by atoms with van der Waals surface area (Å²) in [5.41, 5.74) is 0.668. The minimum absolute atomic E-state index is 0.147. The highest BCUT2D eigenvalue weighted by Crippen LogP contribution is 2.45. The number of allylic oxidation sites excluding steroid dienone is 1. The molecule has 1 aromatic carbocycles. The van der Waals surface area contributed by atoms with E-state index in [4.69, 9.17) is 11.6 Å². The first-order chi connectivity index (χ1) is 11.4. The molecule has 1 N–H and O–H groups in total. The molecule has 6 nitrogen and oxygen atoms in total. The van der Waals surface area contributed by atoms with Gasteiger partial charge in [0.25, 0.3) is 0 Å². The number of halogens is 3. The van der Waals surface area contributed by atoms with Crippen LogP contribution in [0.1, 0.15) is 6.92 Å². The SMILES string of the molecule is C/C=C/C(=O)Nc1cnc(-c2cc3c(cc2Cl)OC(F)(F)O3)cn1. The second-order valence-electron chi connectivity index (χ2n) is 4.72. The number of hydrogen-bond acceptors (Lipinski definition) is 5. The van der Waals surface area contributed by atoms with Gasteiger partial charge >= 0.3 is 6.29 Å². The first kappa shape index (κ1) is 16.1. The molecule has 0 unspecified atom stereocenters. The highest BCUT2D eigenvalue weighted by atomic mass is 35.5. The van der Waals surface area contributed by atoms with Gasteiger partial charge in [-0.2, -0.15) is 0 Å². The van der Waals surface area contributed by atoms with E-state index in [-0.39, 0.29) is 28.2 Å². The molecule has 0 radical (unpaired) electrons. The third kappa shape index (κ3) is 3.28. The molecule has 0 bridgehead atoms. The predicted octanol–water partition coefficient (Wildman–Crippen LogP) is 3.63. The molecule has 0 aliphatic carbocycles. The number of carbonyl (C=O) groups is 1. The summed E-state index contributed by atoms with van der Waals surface area (Å²) >= 11 is 6.07. The number of alkyl halides is 2. The van der Waals surface area contributed by atoms with Gasteiger partial charge in [0, 0.05) is 11.6 Å². The fourth-order valence-electron chi connectivity index (χ4n) is 2.02. The van der Waals surface area contributed by atoms with Gasteiger partial charge in [0.1, 0.15) is 0 Å². The summed E-state index contributed by atoms with van der Waals surface area (Å²) in [4.78, 5) is 19.6. The minimum atomic E-state index is -3.73. The predicted molar refractivity (Wildman–Crippen MR) is 82.1 cm³/mol. The Bertz CT molecular complexity index is 825. The fourth-order valence-corrected chi connectivity index (χ4v) is 2.27. The van der Waals surface area contributed by atoms with Crippen LogP contribution >= 0.6 is 11.6 Å². The van der Waals surface area contributed by atoms with E-state index in [1.165, 1.54) is 30.6 Å². The third-order valence-corrected chi connectivity index (χ3v) is 3.30. The van der Waals surface area contributed by atoms with Crippen LogP contribution in [0.3, 0.4) is 0 Å². The van der Waals surface area contributed by atoms with Crippen LogP contribution in [-0.2, 0) is 4.79 Å². The molecule has 124 valence electrons. The molecule has 0 fully saturated rings. The standard InChI is InChI=1S/C15H10ClF2N3O3/c1-2-3-14(22)21-13-7-19-10(6-20-13)8-4-11-12(5-9(8)16)24-15(17,18)23-11/h2-7H,1H3,(H,20,21,22)/b3-2+. The summed E-state index contributed by atoms with van der Waals surface area (Å²) in [6.45, 7) is 1.71. The number of fused-ring (bicyclic) bond motifs is 1. The number of amides is 1. The fraction of sp³-hybridized carbons (Fsp3) is 0.133. The molecule has 0 spiro atoms. The smallest absolute Gasteiger partial charge is 0.395 e. The van der Waals surface area contributed by atoms with Gasteiger partial charge in [0.15, 0.2) is 17.3 Å². The Hall–Kier alpha value is -2.74. The van der Waals surface area contributed by atoms with Crippen LogP contribution in [0.25, 0.3) is 11.3 Å². The number of anilines is 1. The number of benzene rings is 1. The molecule has 1 aliphatic heterocycles. The van der Waals surface area contributed by atoms with Crippen molar-refractivity contribution >= 4 is 23.3 Å². The van der Waals surface area contributed by atoms with Crippen molar-refractivity contribution in [1.29, 1.82) is 0 Å². The maximum absolute atomic E-state index is 13.1. The third-order valence-electron chi connectivity index (χ3n) is 2.99. The van der Waals surface area contributed by atoms with Gasteiger partial charge in [0.05, 0.1) is 23.1 Å². The van der Waals surface area contributed by atoms with E-state index in [1.54, 1.807) is 13.0 Å². The van der Waals surface area contributed by atoms with Crippen molar-refractivity contribution in [2.45, 2.75) is 13.2 Å². The van der Waals surface area contributed by atoms with Gasteiger partial charge in [-0.25, -0.2) is 4.98 Å². The first-order valence-corrected chi connectivity index (χ1v) is 7.11. The van der Waals surface area contributed by atoms with E-state index in [0.29, 0.717) is 11.3 Å². The molecular formula is C15H10ClF2N3O3. The molecule has 1 aliphatic rings. The number of ether oxygens (including phenoxy) is 2. The van der Waals surface area contributed by atoms with E-state index >= 15 is 0 Å². The summed E-state index contributed by atoms with van der Waals surface area (Å²) in [5, 5.41) is 2.66. The number of hydrogen-bond donors (Lipinski definition) is 1. The molecule has 0 atom stereocenters. The topological polar surface area (TPSA) is 73.3 Å². The lowest BCUT2D eigenvalue weighted by molar-refractivity contribution is -0.286. The van der Waals surface area contributed by atoms with Crippen molar-refractivity contribution in [3.05, 3.63) is 41.7 Å². The monoisotopic (exact) mass is 353 g/mol. The summed E-state index contributed by atoms with van der Waals surface area (Å²) in [6, 6.07) is 2.51. The van der Waals surface area contributed by atoms with Gasteiger partial charge in [0.2, 0.25) is 5.91 Å². The second-order valence-corrected chi connectivity index (χ2v) is 5.13. The first-order valence-electron chi connectivity index (χ1n) is 6.73. The molecule has 24 heavy (non-hydrogen) atoms. The van der Waals surface area contributed by atoms with E-state index in [1.807, 2.05) is 0 Å². The molecule has 9 heteroatoms. The zero-order chi connectivity index (χ0) is 17.3. The quantitative estimate of drug-likeness (QED) is 0.853. The van der Waals surface area contributed by atoms with Gasteiger partial charge < -0.3 is 14.8 Å². The summed E-state index contributed by atoms with van der Waals surface area (Å²) in [6.07, 6.45) is 1.87. The normalized spacial score (nSPS) is 14.8. The Morgan fingerprint density at radius 3 is 2.58 bits per heavy atom. The van der Waals surface area contributed by atoms with Crippen LogP contribution in [0.2, 0.25) is 5.02 Å². The lowest BCUT2D eigenvalue weighted by Gasteiger charge is -2.06. The highest BCUT2D eigenvalue weighted by molar-refractivity contribution is 6.33. The Labute approximate surface area is 140 Å². The molecule has 2 heterocycles. The molecule has 3 rings (SSSR count). The van der Waals surface area contributed by atoms with Crippen molar-refractivity contribution in [2.75, 3.05) is 5.32 Å². The maximum atomic E-state index is 13.1. The van der Waals surface area contributed by atoms with Crippen molar-refractivity contribution in [2.24, 2.45) is 0 Å². The Balaban J connectivity index is 1.87. The largest absolute Gasteiger partial charge is 0.586 e. The highest BCUT2D eigenvalue weighted by Gasteiger charge is 2.43. The van der Waals surface area contributed by atoms with Crippen LogP contribution < -0.4 is 14.8 Å². The minimum Gasteiger partial charge on any atom is -0.395 e. The lowest BCUT2D eigenvalue weighted by atomic mass is 10.1. The Morgan fingerprint density at radius 2 is 1.96 bits per heavy atom. The van der Waals surface area contributed by atoms with Gasteiger partial charge in [-0.1, -0.05) is 17.7 Å². The summed E-state index contributed by atoms with van der Waals surface area (Å²) in [5.74, 6) is -0.406. The molecule has 0 saturated carbocycles.